The number of benzene rings is 1. The predicted octanol–water partition coefficient (Wildman–Crippen LogP) is 3.03. The Bertz CT molecular complexity index is 875. The van der Waals surface area contributed by atoms with Crippen LogP contribution in [0.3, 0.4) is 0 Å². The number of piperidine rings is 1. The zero-order valence-corrected chi connectivity index (χ0v) is 13.7. The summed E-state index contributed by atoms with van der Waals surface area (Å²) in [7, 11) is 4.35. The van der Waals surface area contributed by atoms with Crippen LogP contribution in [0.4, 0.5) is 0 Å². The lowest BCUT2D eigenvalue weighted by molar-refractivity contribution is 0.137. The van der Waals surface area contributed by atoms with Gasteiger partial charge in [-0.05, 0) is 43.1 Å². The van der Waals surface area contributed by atoms with Gasteiger partial charge in [-0.3, -0.25) is 4.68 Å². The van der Waals surface area contributed by atoms with Crippen LogP contribution in [-0.4, -0.2) is 39.3 Å². The maximum absolute atomic E-state index is 4.38. The van der Waals surface area contributed by atoms with E-state index in [4.69, 9.17) is 0 Å². The largest absolute Gasteiger partial charge is 0.361 e. The molecule has 1 unspecified atom stereocenters. The Kier molecular flexibility index (Phi) is 2.74. The van der Waals surface area contributed by atoms with Gasteiger partial charge in [0.05, 0.1) is 0 Å². The molecule has 4 nitrogen and oxygen atoms in total. The molecule has 1 aromatic carbocycles. The average molecular weight is 306 g/mol. The van der Waals surface area contributed by atoms with Gasteiger partial charge < -0.3 is 9.88 Å². The number of nitrogens with one attached hydrogen (secondary N) is 1. The Hall–Kier alpha value is -2.07. The number of hydrogen-bond acceptors (Lipinski definition) is 2. The van der Waals surface area contributed by atoms with E-state index in [0.717, 1.165) is 13.0 Å². The van der Waals surface area contributed by atoms with Crippen LogP contribution in [0.5, 0.6) is 0 Å². The van der Waals surface area contributed by atoms with Gasteiger partial charge >= 0.3 is 0 Å². The Labute approximate surface area is 136 Å². The van der Waals surface area contributed by atoms with Crippen LogP contribution in [0.1, 0.15) is 35.1 Å². The highest BCUT2D eigenvalue weighted by Crippen LogP contribution is 2.46. The second kappa shape index (κ2) is 4.71. The number of fused-ring (bicyclic) bond motifs is 2. The highest BCUT2D eigenvalue weighted by atomic mass is 15.3. The Morgan fingerprint density at radius 1 is 1.22 bits per heavy atom. The van der Waals surface area contributed by atoms with Gasteiger partial charge in [0.15, 0.2) is 0 Å². The van der Waals surface area contributed by atoms with E-state index in [1.807, 2.05) is 10.9 Å². The molecule has 0 amide bonds. The highest BCUT2D eigenvalue weighted by Gasteiger charge is 2.40. The lowest BCUT2D eigenvalue weighted by Gasteiger charge is -2.45. The summed E-state index contributed by atoms with van der Waals surface area (Å²) in [5, 5.41) is 5.86. The monoisotopic (exact) mass is 306 g/mol. The van der Waals surface area contributed by atoms with E-state index in [9.17, 15) is 0 Å². The summed E-state index contributed by atoms with van der Waals surface area (Å²) in [6.07, 6.45) is 6.52. The molecule has 0 spiro atoms. The van der Waals surface area contributed by atoms with Gasteiger partial charge in [0.25, 0.3) is 0 Å². The zero-order valence-electron chi connectivity index (χ0n) is 13.7. The molecule has 1 aliphatic heterocycles. The topological polar surface area (TPSA) is 36.9 Å². The Morgan fingerprint density at radius 3 is 2.96 bits per heavy atom. The van der Waals surface area contributed by atoms with Crippen molar-refractivity contribution in [2.75, 3.05) is 13.6 Å². The molecule has 23 heavy (non-hydrogen) atoms. The molecular weight excluding hydrogens is 284 g/mol. The summed E-state index contributed by atoms with van der Waals surface area (Å²) >= 11 is 0. The molecule has 2 aromatic heterocycles. The second-order valence-electron chi connectivity index (χ2n) is 7.21. The molecule has 3 aromatic rings. The summed E-state index contributed by atoms with van der Waals surface area (Å²) in [5.41, 5.74) is 5.68. The van der Waals surface area contributed by atoms with Crippen LogP contribution < -0.4 is 0 Å². The van der Waals surface area contributed by atoms with E-state index in [-0.39, 0.29) is 0 Å². The fourth-order valence-electron chi connectivity index (χ4n) is 4.94. The first-order valence-corrected chi connectivity index (χ1v) is 8.49. The van der Waals surface area contributed by atoms with Crippen LogP contribution in [0.15, 0.2) is 36.7 Å². The Balaban J connectivity index is 1.61. The van der Waals surface area contributed by atoms with E-state index in [1.54, 1.807) is 0 Å². The van der Waals surface area contributed by atoms with Crippen molar-refractivity contribution in [3.05, 3.63) is 53.5 Å². The lowest BCUT2D eigenvalue weighted by atomic mass is 9.72. The minimum atomic E-state index is 0.560. The molecule has 1 fully saturated rings. The van der Waals surface area contributed by atoms with Gasteiger partial charge in [0, 0.05) is 60.5 Å². The van der Waals surface area contributed by atoms with Crippen LogP contribution in [0.2, 0.25) is 0 Å². The van der Waals surface area contributed by atoms with Crippen molar-refractivity contribution < 1.29 is 0 Å². The first-order valence-electron chi connectivity index (χ1n) is 8.49. The van der Waals surface area contributed by atoms with Crippen molar-refractivity contribution in [1.29, 1.82) is 0 Å². The molecule has 1 aliphatic carbocycles. The van der Waals surface area contributed by atoms with Gasteiger partial charge in [-0.2, -0.15) is 5.10 Å². The first-order chi connectivity index (χ1) is 11.2. The number of likely N-dealkylation sites (N-methyl/N-ethyl adjacent to an activating group) is 1. The summed E-state index contributed by atoms with van der Waals surface area (Å²) in [4.78, 5) is 6.03. The minimum absolute atomic E-state index is 0.560. The highest BCUT2D eigenvalue weighted by molar-refractivity contribution is 5.88. The standard InChI is InChI=1S/C19H22N4/c1-22-11-13(17-6-7-21-23(17)2)8-15-14-4-3-5-16-19(14)12(10-20-16)9-18(15)22/h3-7,10,13,15,18,20H,8-9,11H2,1-2H3/t13-,15?,18-/m1/s1. The predicted molar refractivity (Wildman–Crippen MR) is 91.7 cm³/mol. The molecule has 1 saturated heterocycles. The van der Waals surface area contributed by atoms with Gasteiger partial charge in [-0.15, -0.1) is 0 Å². The number of aromatic amines is 1. The fraction of sp³-hybridized carbons (Fsp3) is 0.421. The molecule has 5 rings (SSSR count). The molecule has 3 heterocycles. The summed E-state index contributed by atoms with van der Waals surface area (Å²) in [5.74, 6) is 1.17. The Morgan fingerprint density at radius 2 is 2.13 bits per heavy atom. The molecule has 2 aliphatic rings. The number of aryl methyl sites for hydroxylation is 1. The molecule has 1 N–H and O–H groups in total. The van der Waals surface area contributed by atoms with Crippen LogP contribution >= 0.6 is 0 Å². The van der Waals surface area contributed by atoms with Crippen LogP contribution in [0, 0.1) is 0 Å². The summed E-state index contributed by atoms with van der Waals surface area (Å²) in [6, 6.07) is 9.55. The van der Waals surface area contributed by atoms with Crippen LogP contribution in [-0.2, 0) is 13.5 Å². The lowest BCUT2D eigenvalue weighted by Crippen LogP contribution is -2.47. The normalized spacial score (nSPS) is 27.3. The number of aromatic nitrogens is 3. The number of hydrogen-bond donors (Lipinski definition) is 1. The molecule has 4 heteroatoms. The third kappa shape index (κ3) is 1.84. The van der Waals surface area contributed by atoms with Gasteiger partial charge in [-0.25, -0.2) is 0 Å². The van der Waals surface area contributed by atoms with Crippen molar-refractivity contribution >= 4 is 10.9 Å². The van der Waals surface area contributed by atoms with Crippen LogP contribution in [0.25, 0.3) is 10.9 Å². The maximum Gasteiger partial charge on any atom is 0.0492 e. The fourth-order valence-corrected chi connectivity index (χ4v) is 4.94. The second-order valence-corrected chi connectivity index (χ2v) is 7.21. The van der Waals surface area contributed by atoms with Gasteiger partial charge in [-0.1, -0.05) is 12.1 Å². The molecule has 0 bridgehead atoms. The van der Waals surface area contributed by atoms with E-state index < -0.39 is 0 Å². The quantitative estimate of drug-likeness (QED) is 0.750. The van der Waals surface area contributed by atoms with Crippen molar-refractivity contribution in [2.24, 2.45) is 7.05 Å². The molecule has 0 saturated carbocycles. The third-order valence-corrected chi connectivity index (χ3v) is 6.00. The van der Waals surface area contributed by atoms with E-state index in [0.29, 0.717) is 17.9 Å². The number of nitrogens with zero attached hydrogens (tertiary/aromatic N) is 3. The van der Waals surface area contributed by atoms with Gasteiger partial charge in [0.1, 0.15) is 0 Å². The minimum Gasteiger partial charge on any atom is -0.361 e. The summed E-state index contributed by atoms with van der Waals surface area (Å²) in [6.45, 7) is 1.12. The SMILES string of the molecule is CN1C[C@H](c2ccnn2C)CC2c3cccc4[nH]cc(c34)C[C@H]21. The molecule has 0 radical (unpaired) electrons. The molecular formula is C19H22N4. The van der Waals surface area contributed by atoms with Crippen molar-refractivity contribution in [1.82, 2.24) is 19.7 Å². The number of rotatable bonds is 1. The average Bonchev–Trinajstić information content (AvgIpc) is 3.16. The molecule has 118 valence electrons. The van der Waals surface area contributed by atoms with Gasteiger partial charge in [0.2, 0.25) is 0 Å². The van der Waals surface area contributed by atoms with E-state index in [1.165, 1.54) is 34.1 Å². The molecule has 3 atom stereocenters. The smallest absolute Gasteiger partial charge is 0.0492 e. The summed E-state index contributed by atoms with van der Waals surface area (Å²) < 4.78 is 2.05. The number of H-pyrrole nitrogens is 1. The first kappa shape index (κ1) is 13.4. The third-order valence-electron chi connectivity index (χ3n) is 6.00. The van der Waals surface area contributed by atoms with Crippen molar-refractivity contribution in [3.8, 4) is 0 Å². The van der Waals surface area contributed by atoms with Crippen molar-refractivity contribution in [3.63, 3.8) is 0 Å². The maximum atomic E-state index is 4.38. The van der Waals surface area contributed by atoms with E-state index >= 15 is 0 Å². The van der Waals surface area contributed by atoms with Crippen molar-refractivity contribution in [2.45, 2.75) is 30.7 Å². The number of likely N-dealkylation sites (tertiary alicyclic amines) is 1. The zero-order chi connectivity index (χ0) is 15.6. The van der Waals surface area contributed by atoms with E-state index in [2.05, 4.69) is 59.5 Å².